The smallest absolute Gasteiger partial charge is 0.255 e. The highest BCUT2D eigenvalue weighted by Gasteiger charge is 2.41. The number of anilines is 1. The summed E-state index contributed by atoms with van der Waals surface area (Å²) in [7, 11) is 0. The van der Waals surface area contributed by atoms with Gasteiger partial charge in [0.2, 0.25) is 11.8 Å². The second-order valence-electron chi connectivity index (χ2n) is 9.37. The van der Waals surface area contributed by atoms with Crippen molar-refractivity contribution in [3.05, 3.63) is 29.3 Å². The van der Waals surface area contributed by atoms with Crippen LogP contribution in [0.2, 0.25) is 0 Å². The number of nitrogens with zero attached hydrogens (tertiary/aromatic N) is 2. The first-order valence-electron chi connectivity index (χ1n) is 11.3. The van der Waals surface area contributed by atoms with Crippen molar-refractivity contribution in [2.45, 2.75) is 76.0 Å². The van der Waals surface area contributed by atoms with Crippen molar-refractivity contribution < 1.29 is 14.4 Å². The maximum atomic E-state index is 13.2. The van der Waals surface area contributed by atoms with E-state index >= 15 is 0 Å². The van der Waals surface area contributed by atoms with E-state index in [4.69, 9.17) is 5.73 Å². The molecule has 1 atom stereocenters. The zero-order chi connectivity index (χ0) is 20.8. The Kier molecular flexibility index (Phi) is 5.01. The third kappa shape index (κ3) is 3.60. The van der Waals surface area contributed by atoms with Crippen LogP contribution in [0.3, 0.4) is 0 Å². The van der Waals surface area contributed by atoms with E-state index < -0.39 is 6.04 Å². The number of hydrogen-bond acceptors (Lipinski definition) is 5. The maximum Gasteiger partial charge on any atom is 0.255 e. The molecule has 2 heterocycles. The van der Waals surface area contributed by atoms with Gasteiger partial charge in [-0.25, -0.2) is 0 Å². The monoisotopic (exact) mass is 410 g/mol. The van der Waals surface area contributed by atoms with Gasteiger partial charge in [-0.15, -0.1) is 0 Å². The standard InChI is InChI=1S/C23H30N4O3/c24-15-6-8-16(9-7-15)26(12-14-4-5-14)19-3-1-2-17-18(19)13-27(23(17)30)20-10-11-21(28)25-22(20)29/h1-3,14-16,20H,4-13,24H2,(H,25,28,29). The van der Waals surface area contributed by atoms with E-state index in [0.29, 0.717) is 30.6 Å². The minimum absolute atomic E-state index is 0.0987. The van der Waals surface area contributed by atoms with Crippen molar-refractivity contribution in [3.8, 4) is 0 Å². The van der Waals surface area contributed by atoms with E-state index in [0.717, 1.165) is 49.4 Å². The normalized spacial score (nSPS) is 29.0. The minimum Gasteiger partial charge on any atom is -0.368 e. The first-order valence-corrected chi connectivity index (χ1v) is 11.3. The molecule has 1 aromatic rings. The first-order chi connectivity index (χ1) is 14.5. The summed E-state index contributed by atoms with van der Waals surface area (Å²) in [5, 5.41) is 2.39. The van der Waals surface area contributed by atoms with Crippen LogP contribution in [0.1, 0.15) is 67.3 Å². The number of amides is 3. The molecular formula is C23H30N4O3. The molecule has 0 radical (unpaired) electrons. The molecule has 30 heavy (non-hydrogen) atoms. The molecule has 7 heteroatoms. The predicted molar refractivity (Wildman–Crippen MR) is 113 cm³/mol. The average molecular weight is 411 g/mol. The molecule has 4 aliphatic rings. The molecule has 3 fully saturated rings. The summed E-state index contributed by atoms with van der Waals surface area (Å²) >= 11 is 0. The molecule has 0 spiro atoms. The van der Waals surface area contributed by atoms with Crippen LogP contribution in [-0.4, -0.2) is 47.3 Å². The number of carbonyl (C=O) groups excluding carboxylic acids is 3. The summed E-state index contributed by atoms with van der Waals surface area (Å²) in [6.07, 6.45) is 7.48. The Morgan fingerprint density at radius 2 is 1.80 bits per heavy atom. The summed E-state index contributed by atoms with van der Waals surface area (Å²) in [6.45, 7) is 1.47. The molecule has 3 N–H and O–H groups in total. The fourth-order valence-electron chi connectivity index (χ4n) is 5.27. The highest BCUT2D eigenvalue weighted by atomic mass is 16.2. The number of fused-ring (bicyclic) bond motifs is 1. The predicted octanol–water partition coefficient (Wildman–Crippen LogP) is 1.93. The molecule has 2 aliphatic heterocycles. The number of piperidine rings is 1. The molecule has 5 rings (SSSR count). The maximum absolute atomic E-state index is 13.2. The number of carbonyl (C=O) groups is 3. The van der Waals surface area contributed by atoms with Crippen molar-refractivity contribution in [1.29, 1.82) is 0 Å². The fourth-order valence-corrected chi connectivity index (χ4v) is 5.27. The molecule has 160 valence electrons. The lowest BCUT2D eigenvalue weighted by molar-refractivity contribution is -0.136. The molecule has 2 saturated carbocycles. The lowest BCUT2D eigenvalue weighted by Gasteiger charge is -2.39. The van der Waals surface area contributed by atoms with E-state index in [1.807, 2.05) is 12.1 Å². The number of nitrogens with two attached hydrogens (primary N) is 1. The number of hydrogen-bond donors (Lipinski definition) is 2. The summed E-state index contributed by atoms with van der Waals surface area (Å²) < 4.78 is 0. The van der Waals surface area contributed by atoms with Crippen molar-refractivity contribution >= 4 is 23.4 Å². The molecule has 1 unspecified atom stereocenters. The van der Waals surface area contributed by atoms with Crippen LogP contribution in [0.4, 0.5) is 5.69 Å². The van der Waals surface area contributed by atoms with E-state index in [9.17, 15) is 14.4 Å². The van der Waals surface area contributed by atoms with Gasteiger partial charge in [0.05, 0.1) is 0 Å². The van der Waals surface area contributed by atoms with Crippen LogP contribution in [0.5, 0.6) is 0 Å². The van der Waals surface area contributed by atoms with Crippen molar-refractivity contribution in [3.63, 3.8) is 0 Å². The quantitative estimate of drug-likeness (QED) is 0.723. The Labute approximate surface area is 177 Å². The summed E-state index contributed by atoms with van der Waals surface area (Å²) in [5.41, 5.74) is 9.02. The molecule has 1 saturated heterocycles. The third-order valence-corrected chi connectivity index (χ3v) is 7.20. The topological polar surface area (TPSA) is 95.7 Å². The Balaban J connectivity index is 1.43. The molecule has 0 aromatic heterocycles. The highest BCUT2D eigenvalue weighted by Crippen LogP contribution is 2.40. The summed E-state index contributed by atoms with van der Waals surface area (Å²) in [6, 6.07) is 6.16. The van der Waals surface area contributed by atoms with Crippen LogP contribution in [0.15, 0.2) is 18.2 Å². The van der Waals surface area contributed by atoms with Gasteiger partial charge in [-0.3, -0.25) is 19.7 Å². The second-order valence-corrected chi connectivity index (χ2v) is 9.37. The van der Waals surface area contributed by atoms with Gasteiger partial charge in [0.25, 0.3) is 5.91 Å². The Morgan fingerprint density at radius 3 is 2.50 bits per heavy atom. The van der Waals surface area contributed by atoms with Gasteiger partial charge < -0.3 is 15.5 Å². The highest BCUT2D eigenvalue weighted by molar-refractivity contribution is 6.06. The SMILES string of the molecule is NC1CCC(N(CC2CC2)c2cccc3c2CN(C2CCC(=O)NC2=O)C3=O)CC1. The van der Waals surface area contributed by atoms with Crippen LogP contribution >= 0.6 is 0 Å². The van der Waals surface area contributed by atoms with Gasteiger partial charge in [-0.2, -0.15) is 0 Å². The van der Waals surface area contributed by atoms with Crippen LogP contribution in [-0.2, 0) is 16.1 Å². The third-order valence-electron chi connectivity index (χ3n) is 7.20. The molecule has 1 aromatic carbocycles. The van der Waals surface area contributed by atoms with Gasteiger partial charge in [0.15, 0.2) is 0 Å². The van der Waals surface area contributed by atoms with Gasteiger partial charge in [-0.05, 0) is 63.0 Å². The molecule has 0 bridgehead atoms. The van der Waals surface area contributed by atoms with E-state index in [1.165, 1.54) is 12.8 Å². The van der Waals surface area contributed by atoms with Crippen molar-refractivity contribution in [2.75, 3.05) is 11.4 Å². The summed E-state index contributed by atoms with van der Waals surface area (Å²) in [4.78, 5) is 41.3. The van der Waals surface area contributed by atoms with Crippen molar-refractivity contribution in [1.82, 2.24) is 10.2 Å². The van der Waals surface area contributed by atoms with Crippen LogP contribution in [0.25, 0.3) is 0 Å². The molecular weight excluding hydrogens is 380 g/mol. The lowest BCUT2D eigenvalue weighted by atomic mass is 9.89. The zero-order valence-electron chi connectivity index (χ0n) is 17.3. The number of nitrogens with one attached hydrogen (secondary N) is 1. The number of benzene rings is 1. The Morgan fingerprint density at radius 1 is 1.03 bits per heavy atom. The fraction of sp³-hybridized carbons (Fsp3) is 0.609. The Bertz CT molecular complexity index is 873. The molecule has 7 nitrogen and oxygen atoms in total. The molecule has 3 amide bonds. The second kappa shape index (κ2) is 7.69. The van der Waals surface area contributed by atoms with E-state index in [2.05, 4.69) is 16.3 Å². The minimum atomic E-state index is -0.569. The van der Waals surface area contributed by atoms with Gasteiger partial charge in [-0.1, -0.05) is 6.07 Å². The average Bonchev–Trinajstić information content (AvgIpc) is 3.49. The van der Waals surface area contributed by atoms with Gasteiger partial charge in [0, 0.05) is 48.4 Å². The number of rotatable bonds is 5. The van der Waals surface area contributed by atoms with E-state index in [1.54, 1.807) is 4.90 Å². The zero-order valence-corrected chi connectivity index (χ0v) is 17.3. The lowest BCUT2D eigenvalue weighted by Crippen LogP contribution is -2.52. The summed E-state index contributed by atoms with van der Waals surface area (Å²) in [5.74, 6) is 0.0236. The van der Waals surface area contributed by atoms with Crippen LogP contribution in [0, 0.1) is 5.92 Å². The van der Waals surface area contributed by atoms with E-state index in [-0.39, 0.29) is 24.1 Å². The van der Waals surface area contributed by atoms with Gasteiger partial charge >= 0.3 is 0 Å². The molecule has 2 aliphatic carbocycles. The van der Waals surface area contributed by atoms with Gasteiger partial charge in [0.1, 0.15) is 6.04 Å². The Hall–Kier alpha value is -2.41. The van der Waals surface area contributed by atoms with Crippen molar-refractivity contribution in [2.24, 2.45) is 11.7 Å². The first kappa shape index (κ1) is 19.5. The largest absolute Gasteiger partial charge is 0.368 e. The van der Waals surface area contributed by atoms with Crippen LogP contribution < -0.4 is 16.0 Å². The number of imide groups is 1.